The quantitative estimate of drug-likeness (QED) is 0.857. The standard InChI is InChI=1S/C14H15NO4S/c1-2-19-14(16)13-9-8-11(15-13)10-20(17,18)12-6-4-3-5-7-12/h3-9,15H,2,10H2,1H3. The first-order valence-corrected chi connectivity index (χ1v) is 7.81. The summed E-state index contributed by atoms with van der Waals surface area (Å²) in [5, 5.41) is 0. The maximum absolute atomic E-state index is 12.2. The molecular weight excluding hydrogens is 278 g/mol. The molecule has 0 unspecified atom stereocenters. The zero-order chi connectivity index (χ0) is 14.6. The second-order valence-electron chi connectivity index (χ2n) is 4.19. The number of carbonyl (C=O) groups excluding carboxylic acids is 1. The Balaban J connectivity index is 2.17. The average molecular weight is 293 g/mol. The Morgan fingerprint density at radius 1 is 1.15 bits per heavy atom. The van der Waals surface area contributed by atoms with Crippen LogP contribution in [-0.2, 0) is 20.3 Å². The van der Waals surface area contributed by atoms with Gasteiger partial charge in [-0.05, 0) is 31.2 Å². The van der Waals surface area contributed by atoms with Gasteiger partial charge in [-0.25, -0.2) is 13.2 Å². The maximum atomic E-state index is 12.2. The Hall–Kier alpha value is -2.08. The van der Waals surface area contributed by atoms with E-state index in [9.17, 15) is 13.2 Å². The fraction of sp³-hybridized carbons (Fsp3) is 0.214. The van der Waals surface area contributed by atoms with Gasteiger partial charge in [-0.15, -0.1) is 0 Å². The molecule has 0 amide bonds. The molecule has 0 saturated heterocycles. The second kappa shape index (κ2) is 5.92. The molecule has 1 aromatic carbocycles. The van der Waals surface area contributed by atoms with Crippen LogP contribution in [0.1, 0.15) is 23.1 Å². The molecule has 0 saturated carbocycles. The largest absolute Gasteiger partial charge is 0.461 e. The number of rotatable bonds is 5. The van der Waals surface area contributed by atoms with Crippen LogP contribution in [0.4, 0.5) is 0 Å². The van der Waals surface area contributed by atoms with E-state index in [1.807, 2.05) is 0 Å². The highest BCUT2D eigenvalue weighted by Crippen LogP contribution is 2.16. The van der Waals surface area contributed by atoms with E-state index in [-0.39, 0.29) is 22.9 Å². The highest BCUT2D eigenvalue weighted by molar-refractivity contribution is 7.90. The van der Waals surface area contributed by atoms with Gasteiger partial charge < -0.3 is 9.72 Å². The molecule has 2 aromatic rings. The molecule has 106 valence electrons. The van der Waals surface area contributed by atoms with Crippen molar-refractivity contribution in [3.05, 3.63) is 53.9 Å². The van der Waals surface area contributed by atoms with Crippen molar-refractivity contribution in [3.8, 4) is 0 Å². The Labute approximate surface area is 117 Å². The molecule has 0 radical (unpaired) electrons. The second-order valence-corrected chi connectivity index (χ2v) is 6.18. The van der Waals surface area contributed by atoms with Crippen molar-refractivity contribution in [2.75, 3.05) is 6.61 Å². The smallest absolute Gasteiger partial charge is 0.354 e. The van der Waals surface area contributed by atoms with Gasteiger partial charge in [0, 0.05) is 5.69 Å². The van der Waals surface area contributed by atoms with Crippen molar-refractivity contribution in [3.63, 3.8) is 0 Å². The molecule has 0 atom stereocenters. The van der Waals surface area contributed by atoms with E-state index in [1.54, 1.807) is 43.3 Å². The van der Waals surface area contributed by atoms with Crippen LogP contribution in [0.5, 0.6) is 0 Å². The molecule has 0 aliphatic carbocycles. The molecule has 0 aliphatic rings. The fourth-order valence-corrected chi connectivity index (χ4v) is 3.08. The predicted molar refractivity (Wildman–Crippen MR) is 74.1 cm³/mol. The lowest BCUT2D eigenvalue weighted by Crippen LogP contribution is -2.07. The average Bonchev–Trinajstić information content (AvgIpc) is 2.88. The van der Waals surface area contributed by atoms with Gasteiger partial charge in [-0.3, -0.25) is 0 Å². The summed E-state index contributed by atoms with van der Waals surface area (Å²) in [5.41, 5.74) is 0.710. The molecule has 0 spiro atoms. The van der Waals surface area contributed by atoms with Crippen LogP contribution in [0.2, 0.25) is 0 Å². The maximum Gasteiger partial charge on any atom is 0.354 e. The topological polar surface area (TPSA) is 76.2 Å². The molecule has 1 heterocycles. The van der Waals surface area contributed by atoms with Crippen molar-refractivity contribution in [1.82, 2.24) is 4.98 Å². The zero-order valence-electron chi connectivity index (χ0n) is 11.0. The lowest BCUT2D eigenvalue weighted by atomic mass is 10.4. The number of nitrogens with one attached hydrogen (secondary N) is 1. The number of hydrogen-bond donors (Lipinski definition) is 1. The molecule has 2 rings (SSSR count). The zero-order valence-corrected chi connectivity index (χ0v) is 11.8. The van der Waals surface area contributed by atoms with Gasteiger partial charge in [-0.2, -0.15) is 0 Å². The van der Waals surface area contributed by atoms with Gasteiger partial charge in [-0.1, -0.05) is 18.2 Å². The first-order valence-electron chi connectivity index (χ1n) is 6.16. The van der Waals surface area contributed by atoms with Gasteiger partial charge >= 0.3 is 5.97 Å². The normalized spacial score (nSPS) is 11.2. The molecule has 1 N–H and O–H groups in total. The molecule has 5 nitrogen and oxygen atoms in total. The van der Waals surface area contributed by atoms with Gasteiger partial charge in [0.15, 0.2) is 9.84 Å². The van der Waals surface area contributed by atoms with E-state index in [2.05, 4.69) is 4.98 Å². The van der Waals surface area contributed by atoms with Crippen molar-refractivity contribution in [1.29, 1.82) is 0 Å². The third kappa shape index (κ3) is 3.27. The number of aromatic nitrogens is 1. The number of esters is 1. The van der Waals surface area contributed by atoms with E-state index in [0.717, 1.165) is 0 Å². The molecule has 0 aliphatic heterocycles. The summed E-state index contributed by atoms with van der Waals surface area (Å²) in [7, 11) is -3.42. The summed E-state index contributed by atoms with van der Waals surface area (Å²) in [4.78, 5) is 14.5. The van der Waals surface area contributed by atoms with Crippen LogP contribution < -0.4 is 0 Å². The summed E-state index contributed by atoms with van der Waals surface area (Å²) < 4.78 is 29.2. The number of aromatic amines is 1. The number of carbonyl (C=O) groups is 1. The number of hydrogen-bond acceptors (Lipinski definition) is 4. The molecule has 6 heteroatoms. The fourth-order valence-electron chi connectivity index (χ4n) is 1.77. The van der Waals surface area contributed by atoms with E-state index in [0.29, 0.717) is 5.69 Å². The first-order chi connectivity index (χ1) is 9.53. The predicted octanol–water partition coefficient (Wildman–Crippen LogP) is 2.17. The number of benzene rings is 1. The minimum Gasteiger partial charge on any atom is -0.461 e. The minimum absolute atomic E-state index is 0.184. The summed E-state index contributed by atoms with van der Waals surface area (Å²) in [6, 6.07) is 11.3. The number of ether oxygens (including phenoxy) is 1. The summed E-state index contributed by atoms with van der Waals surface area (Å²) in [6.07, 6.45) is 0. The SMILES string of the molecule is CCOC(=O)c1ccc(CS(=O)(=O)c2ccccc2)[nH]1. The first kappa shape index (κ1) is 14.3. The lowest BCUT2D eigenvalue weighted by molar-refractivity contribution is 0.0520. The highest BCUT2D eigenvalue weighted by Gasteiger charge is 2.17. The summed E-state index contributed by atoms with van der Waals surface area (Å²) >= 11 is 0. The summed E-state index contributed by atoms with van der Waals surface area (Å²) in [6.45, 7) is 1.98. The van der Waals surface area contributed by atoms with Crippen LogP contribution >= 0.6 is 0 Å². The van der Waals surface area contributed by atoms with Crippen LogP contribution in [0.25, 0.3) is 0 Å². The Kier molecular flexibility index (Phi) is 4.24. The van der Waals surface area contributed by atoms with Crippen molar-refractivity contribution < 1.29 is 17.9 Å². The summed E-state index contributed by atoms with van der Waals surface area (Å²) in [5.74, 6) is -0.674. The van der Waals surface area contributed by atoms with Crippen molar-refractivity contribution in [2.45, 2.75) is 17.6 Å². The Bertz CT molecular complexity index is 689. The van der Waals surface area contributed by atoms with Gasteiger partial charge in [0.2, 0.25) is 0 Å². The third-order valence-corrected chi connectivity index (χ3v) is 4.37. The van der Waals surface area contributed by atoms with E-state index in [1.165, 1.54) is 6.07 Å². The van der Waals surface area contributed by atoms with Crippen molar-refractivity contribution in [2.24, 2.45) is 0 Å². The molecular formula is C14H15NO4S. The van der Waals surface area contributed by atoms with E-state index < -0.39 is 15.8 Å². The van der Waals surface area contributed by atoms with Gasteiger partial charge in [0.1, 0.15) is 5.69 Å². The number of H-pyrrole nitrogens is 1. The van der Waals surface area contributed by atoms with Crippen LogP contribution in [-0.4, -0.2) is 26.0 Å². The Morgan fingerprint density at radius 3 is 2.50 bits per heavy atom. The van der Waals surface area contributed by atoms with Crippen LogP contribution in [0.15, 0.2) is 47.4 Å². The van der Waals surface area contributed by atoms with Crippen molar-refractivity contribution >= 4 is 15.8 Å². The minimum atomic E-state index is -3.42. The highest BCUT2D eigenvalue weighted by atomic mass is 32.2. The molecule has 0 fully saturated rings. The monoisotopic (exact) mass is 293 g/mol. The third-order valence-electron chi connectivity index (χ3n) is 2.69. The van der Waals surface area contributed by atoms with Crippen LogP contribution in [0.3, 0.4) is 0 Å². The Morgan fingerprint density at radius 2 is 1.85 bits per heavy atom. The molecule has 20 heavy (non-hydrogen) atoms. The molecule has 1 aromatic heterocycles. The number of sulfone groups is 1. The van der Waals surface area contributed by atoms with E-state index in [4.69, 9.17) is 4.74 Å². The van der Waals surface area contributed by atoms with Gasteiger partial charge in [0.05, 0.1) is 17.3 Å². The lowest BCUT2D eigenvalue weighted by Gasteiger charge is -2.03. The van der Waals surface area contributed by atoms with E-state index >= 15 is 0 Å². The molecule has 0 bridgehead atoms. The van der Waals surface area contributed by atoms with Gasteiger partial charge in [0.25, 0.3) is 0 Å². The van der Waals surface area contributed by atoms with Crippen LogP contribution in [0, 0.1) is 0 Å².